The molecule has 0 aliphatic carbocycles. The van der Waals surface area contributed by atoms with Gasteiger partial charge in [-0.25, -0.2) is 9.97 Å². The molecular formula is C12H20N4O. The van der Waals surface area contributed by atoms with Gasteiger partial charge in [-0.2, -0.15) is 0 Å². The zero-order chi connectivity index (χ0) is 12.5. The van der Waals surface area contributed by atoms with Crippen LogP contribution in [0.15, 0.2) is 6.33 Å². The molecular weight excluding hydrogens is 216 g/mol. The molecule has 0 radical (unpaired) electrons. The van der Waals surface area contributed by atoms with Crippen molar-refractivity contribution in [3.8, 4) is 0 Å². The zero-order valence-corrected chi connectivity index (χ0v) is 10.5. The van der Waals surface area contributed by atoms with Crippen molar-refractivity contribution in [2.75, 3.05) is 23.7 Å². The molecule has 1 aromatic rings. The van der Waals surface area contributed by atoms with Gasteiger partial charge in [-0.15, -0.1) is 0 Å². The van der Waals surface area contributed by atoms with Gasteiger partial charge in [-0.05, 0) is 19.8 Å². The second-order valence-corrected chi connectivity index (χ2v) is 4.98. The standard InChI is InChI=1S/C12H20N4O/c1-3-4-9-10(13)14-8-15-11(9)16-6-5-12(2,17)7-16/h8,17H,3-7H2,1-2H3,(H2,13,14,15). The molecule has 2 rings (SSSR count). The molecule has 5 nitrogen and oxygen atoms in total. The van der Waals surface area contributed by atoms with Crippen LogP contribution in [0.1, 0.15) is 32.3 Å². The summed E-state index contributed by atoms with van der Waals surface area (Å²) in [5.74, 6) is 1.44. The highest BCUT2D eigenvalue weighted by Crippen LogP contribution is 2.29. The second kappa shape index (κ2) is 4.49. The summed E-state index contributed by atoms with van der Waals surface area (Å²) >= 11 is 0. The third kappa shape index (κ3) is 2.49. The molecule has 17 heavy (non-hydrogen) atoms. The topological polar surface area (TPSA) is 75.3 Å². The van der Waals surface area contributed by atoms with E-state index in [2.05, 4.69) is 21.8 Å². The van der Waals surface area contributed by atoms with E-state index in [4.69, 9.17) is 5.73 Å². The minimum Gasteiger partial charge on any atom is -0.388 e. The number of nitrogens with zero attached hydrogens (tertiary/aromatic N) is 3. The SMILES string of the molecule is CCCc1c(N)ncnc1N1CCC(C)(O)C1. The first-order valence-corrected chi connectivity index (χ1v) is 6.10. The molecule has 1 unspecified atom stereocenters. The number of anilines is 2. The molecule has 3 N–H and O–H groups in total. The van der Waals surface area contributed by atoms with Crippen LogP contribution in [-0.2, 0) is 6.42 Å². The molecule has 0 aromatic carbocycles. The summed E-state index contributed by atoms with van der Waals surface area (Å²) in [6.45, 7) is 5.40. The van der Waals surface area contributed by atoms with Gasteiger partial charge in [0.15, 0.2) is 0 Å². The van der Waals surface area contributed by atoms with E-state index in [1.165, 1.54) is 6.33 Å². The Morgan fingerprint density at radius 3 is 2.88 bits per heavy atom. The summed E-state index contributed by atoms with van der Waals surface area (Å²) in [6, 6.07) is 0. The summed E-state index contributed by atoms with van der Waals surface area (Å²) in [6.07, 6.45) is 4.15. The molecule has 1 aliphatic heterocycles. The average molecular weight is 236 g/mol. The van der Waals surface area contributed by atoms with Crippen LogP contribution in [0.3, 0.4) is 0 Å². The van der Waals surface area contributed by atoms with Crippen LogP contribution in [-0.4, -0.2) is 33.8 Å². The average Bonchev–Trinajstić information content (AvgIpc) is 2.62. The fourth-order valence-electron chi connectivity index (χ4n) is 2.30. The smallest absolute Gasteiger partial charge is 0.137 e. The number of nitrogen functional groups attached to an aromatic ring is 1. The lowest BCUT2D eigenvalue weighted by Crippen LogP contribution is -2.30. The fourth-order valence-corrected chi connectivity index (χ4v) is 2.30. The first-order valence-electron chi connectivity index (χ1n) is 6.10. The van der Waals surface area contributed by atoms with Gasteiger partial charge < -0.3 is 15.7 Å². The van der Waals surface area contributed by atoms with Crippen molar-refractivity contribution in [1.29, 1.82) is 0 Å². The van der Waals surface area contributed by atoms with Crippen LogP contribution in [0.5, 0.6) is 0 Å². The molecule has 5 heteroatoms. The van der Waals surface area contributed by atoms with Gasteiger partial charge in [0.25, 0.3) is 0 Å². The monoisotopic (exact) mass is 236 g/mol. The third-order valence-electron chi connectivity index (χ3n) is 3.21. The molecule has 2 heterocycles. The van der Waals surface area contributed by atoms with Crippen molar-refractivity contribution in [3.05, 3.63) is 11.9 Å². The summed E-state index contributed by atoms with van der Waals surface area (Å²) in [5.41, 5.74) is 6.29. The molecule has 1 atom stereocenters. The maximum atomic E-state index is 10.00. The lowest BCUT2D eigenvalue weighted by molar-refractivity contribution is 0.0839. The largest absolute Gasteiger partial charge is 0.388 e. The van der Waals surface area contributed by atoms with Gasteiger partial charge in [0.2, 0.25) is 0 Å². The van der Waals surface area contributed by atoms with Crippen LogP contribution < -0.4 is 10.6 Å². The quantitative estimate of drug-likeness (QED) is 0.818. The van der Waals surface area contributed by atoms with E-state index in [-0.39, 0.29) is 0 Å². The van der Waals surface area contributed by atoms with Crippen molar-refractivity contribution in [3.63, 3.8) is 0 Å². The van der Waals surface area contributed by atoms with Gasteiger partial charge in [0.1, 0.15) is 18.0 Å². The molecule has 0 bridgehead atoms. The van der Waals surface area contributed by atoms with Crippen LogP contribution in [0.4, 0.5) is 11.6 Å². The Balaban J connectivity index is 2.29. The third-order valence-corrected chi connectivity index (χ3v) is 3.21. The Kier molecular flexibility index (Phi) is 3.19. The van der Waals surface area contributed by atoms with Crippen molar-refractivity contribution >= 4 is 11.6 Å². The molecule has 0 spiro atoms. The van der Waals surface area contributed by atoms with Gasteiger partial charge in [-0.3, -0.25) is 0 Å². The summed E-state index contributed by atoms with van der Waals surface area (Å²) in [7, 11) is 0. The summed E-state index contributed by atoms with van der Waals surface area (Å²) < 4.78 is 0. The van der Waals surface area contributed by atoms with E-state index in [0.29, 0.717) is 12.4 Å². The Morgan fingerprint density at radius 2 is 2.29 bits per heavy atom. The number of hydrogen-bond acceptors (Lipinski definition) is 5. The molecule has 0 saturated carbocycles. The molecule has 1 fully saturated rings. The number of β-amino-alcohol motifs (C(OH)–C–C–N with tert-alkyl or cyclic N) is 1. The van der Waals surface area contributed by atoms with E-state index in [0.717, 1.165) is 37.2 Å². The minimum atomic E-state index is -0.622. The van der Waals surface area contributed by atoms with E-state index in [1.807, 2.05) is 6.92 Å². The Bertz CT molecular complexity index is 405. The summed E-state index contributed by atoms with van der Waals surface area (Å²) in [5, 5.41) is 10.00. The van der Waals surface area contributed by atoms with Crippen molar-refractivity contribution < 1.29 is 5.11 Å². The fraction of sp³-hybridized carbons (Fsp3) is 0.667. The number of nitrogens with two attached hydrogens (primary N) is 1. The lowest BCUT2D eigenvalue weighted by Gasteiger charge is -2.22. The minimum absolute atomic E-state index is 0.559. The first kappa shape index (κ1) is 12.1. The highest BCUT2D eigenvalue weighted by molar-refractivity contribution is 5.57. The molecule has 0 amide bonds. The maximum absolute atomic E-state index is 10.00. The van der Waals surface area contributed by atoms with E-state index >= 15 is 0 Å². The zero-order valence-electron chi connectivity index (χ0n) is 10.5. The van der Waals surface area contributed by atoms with Gasteiger partial charge in [0.05, 0.1) is 5.60 Å². The van der Waals surface area contributed by atoms with E-state index < -0.39 is 5.60 Å². The van der Waals surface area contributed by atoms with Crippen molar-refractivity contribution in [1.82, 2.24) is 9.97 Å². The number of rotatable bonds is 3. The second-order valence-electron chi connectivity index (χ2n) is 4.98. The highest BCUT2D eigenvalue weighted by atomic mass is 16.3. The lowest BCUT2D eigenvalue weighted by atomic mass is 10.1. The Morgan fingerprint density at radius 1 is 1.53 bits per heavy atom. The number of aliphatic hydroxyl groups is 1. The van der Waals surface area contributed by atoms with E-state index in [9.17, 15) is 5.11 Å². The van der Waals surface area contributed by atoms with Gasteiger partial charge in [-0.1, -0.05) is 13.3 Å². The normalized spacial score (nSPS) is 24.3. The van der Waals surface area contributed by atoms with Crippen molar-refractivity contribution in [2.45, 2.75) is 38.7 Å². The van der Waals surface area contributed by atoms with Crippen molar-refractivity contribution in [2.24, 2.45) is 0 Å². The van der Waals surface area contributed by atoms with Crippen LogP contribution in [0.2, 0.25) is 0 Å². The Labute approximate surface area is 102 Å². The molecule has 1 saturated heterocycles. The first-order chi connectivity index (χ1) is 8.03. The highest BCUT2D eigenvalue weighted by Gasteiger charge is 2.33. The Hall–Kier alpha value is -1.36. The van der Waals surface area contributed by atoms with Crippen LogP contribution in [0.25, 0.3) is 0 Å². The number of aromatic nitrogens is 2. The van der Waals surface area contributed by atoms with Crippen LogP contribution in [0, 0.1) is 0 Å². The van der Waals surface area contributed by atoms with E-state index in [1.54, 1.807) is 0 Å². The summed E-state index contributed by atoms with van der Waals surface area (Å²) in [4.78, 5) is 10.5. The van der Waals surface area contributed by atoms with Gasteiger partial charge >= 0.3 is 0 Å². The van der Waals surface area contributed by atoms with Crippen LogP contribution >= 0.6 is 0 Å². The predicted octanol–water partition coefficient (Wildman–Crippen LogP) is 0.972. The molecule has 1 aromatic heterocycles. The predicted molar refractivity (Wildman–Crippen MR) is 67.9 cm³/mol. The van der Waals surface area contributed by atoms with Gasteiger partial charge in [0, 0.05) is 18.7 Å². The maximum Gasteiger partial charge on any atom is 0.137 e. The number of hydrogen-bond donors (Lipinski definition) is 2. The molecule has 94 valence electrons. The molecule has 1 aliphatic rings.